The Bertz CT molecular complexity index is 579. The average molecular weight is 279 g/mol. The van der Waals surface area contributed by atoms with Gasteiger partial charge in [-0.3, -0.25) is 0 Å². The molecule has 1 aromatic heterocycles. The second-order valence-electron chi connectivity index (χ2n) is 4.70. The maximum absolute atomic E-state index is 9.30. The Hall–Kier alpha value is -1.52. The van der Waals surface area contributed by atoms with Crippen LogP contribution in [-0.2, 0) is 13.2 Å². The number of halogens is 1. The number of aliphatic hydroxyl groups is 1. The maximum Gasteiger partial charge on any atom is 0.143 e. The highest BCUT2D eigenvalue weighted by atomic mass is 35.5. The Morgan fingerprint density at radius 1 is 1.42 bits per heavy atom. The number of para-hydroxylation sites is 1. The Balaban J connectivity index is 1.77. The van der Waals surface area contributed by atoms with Gasteiger partial charge in [-0.2, -0.15) is 0 Å². The molecule has 19 heavy (non-hydrogen) atoms. The van der Waals surface area contributed by atoms with Crippen LogP contribution in [0.5, 0.6) is 5.75 Å². The summed E-state index contributed by atoms with van der Waals surface area (Å²) in [5.41, 5.74) is 1.73. The number of aromatic nitrogens is 2. The van der Waals surface area contributed by atoms with Crippen LogP contribution in [0.3, 0.4) is 0 Å². The molecular formula is C14H15ClN2O2. The van der Waals surface area contributed by atoms with Crippen molar-refractivity contribution in [2.45, 2.75) is 32.1 Å². The van der Waals surface area contributed by atoms with E-state index >= 15 is 0 Å². The van der Waals surface area contributed by atoms with Crippen LogP contribution < -0.4 is 4.74 Å². The number of rotatable bonds is 5. The summed E-state index contributed by atoms with van der Waals surface area (Å²) in [7, 11) is 0. The van der Waals surface area contributed by atoms with Gasteiger partial charge in [0.1, 0.15) is 12.4 Å². The third kappa shape index (κ3) is 2.60. The van der Waals surface area contributed by atoms with Gasteiger partial charge >= 0.3 is 0 Å². The molecule has 0 radical (unpaired) electrons. The van der Waals surface area contributed by atoms with Gasteiger partial charge in [0.15, 0.2) is 0 Å². The molecule has 1 aliphatic carbocycles. The minimum Gasteiger partial charge on any atom is -0.485 e. The Kier molecular flexibility index (Phi) is 3.44. The molecule has 0 aliphatic heterocycles. The van der Waals surface area contributed by atoms with Gasteiger partial charge in [-0.15, -0.1) is 0 Å². The summed E-state index contributed by atoms with van der Waals surface area (Å²) in [6.45, 7) is 0.324. The predicted octanol–water partition coefficient (Wildman–Crippen LogP) is 2.94. The van der Waals surface area contributed by atoms with Crippen molar-refractivity contribution in [2.75, 3.05) is 0 Å². The number of imidazole rings is 1. The second-order valence-corrected chi connectivity index (χ2v) is 5.11. The molecule has 1 N–H and O–H groups in total. The predicted molar refractivity (Wildman–Crippen MR) is 72.2 cm³/mol. The van der Waals surface area contributed by atoms with Gasteiger partial charge in [0.25, 0.3) is 0 Å². The summed E-state index contributed by atoms with van der Waals surface area (Å²) < 4.78 is 7.92. The molecule has 0 unspecified atom stereocenters. The highest BCUT2D eigenvalue weighted by Gasteiger charge is 2.25. The van der Waals surface area contributed by atoms with Crippen LogP contribution in [-0.4, -0.2) is 14.7 Å². The Labute approximate surface area is 116 Å². The smallest absolute Gasteiger partial charge is 0.143 e. The van der Waals surface area contributed by atoms with E-state index in [9.17, 15) is 5.11 Å². The third-order valence-electron chi connectivity index (χ3n) is 3.27. The summed E-state index contributed by atoms with van der Waals surface area (Å²) >= 11 is 6.10. The monoisotopic (exact) mass is 278 g/mol. The van der Waals surface area contributed by atoms with Gasteiger partial charge in [-0.1, -0.05) is 23.7 Å². The first-order valence-corrected chi connectivity index (χ1v) is 6.69. The van der Waals surface area contributed by atoms with E-state index in [1.165, 1.54) is 12.8 Å². The summed E-state index contributed by atoms with van der Waals surface area (Å²) in [6, 6.07) is 5.94. The lowest BCUT2D eigenvalue weighted by Crippen LogP contribution is -2.05. The molecule has 0 bridgehead atoms. The molecule has 0 spiro atoms. The molecule has 0 amide bonds. The summed E-state index contributed by atoms with van der Waals surface area (Å²) in [6.07, 6.45) is 6.07. The minimum atomic E-state index is -0.0855. The molecule has 3 rings (SSSR count). The first-order chi connectivity index (χ1) is 9.29. The number of hydrogen-bond donors (Lipinski definition) is 1. The normalized spacial score (nSPS) is 14.6. The Morgan fingerprint density at radius 3 is 3.00 bits per heavy atom. The van der Waals surface area contributed by atoms with E-state index in [1.54, 1.807) is 18.2 Å². The number of benzene rings is 1. The molecular weight excluding hydrogens is 264 g/mol. The SMILES string of the molecule is OCc1cccc(Cl)c1OCc1cncn1C1CC1. The molecule has 0 saturated heterocycles. The van der Waals surface area contributed by atoms with E-state index in [0.29, 0.717) is 29.0 Å². The van der Waals surface area contributed by atoms with Crippen molar-refractivity contribution < 1.29 is 9.84 Å². The molecule has 5 heteroatoms. The highest BCUT2D eigenvalue weighted by molar-refractivity contribution is 6.32. The zero-order valence-corrected chi connectivity index (χ0v) is 11.2. The zero-order chi connectivity index (χ0) is 13.2. The summed E-state index contributed by atoms with van der Waals surface area (Å²) in [4.78, 5) is 4.16. The summed E-state index contributed by atoms with van der Waals surface area (Å²) in [5, 5.41) is 9.81. The van der Waals surface area contributed by atoms with Crippen molar-refractivity contribution in [3.05, 3.63) is 47.0 Å². The van der Waals surface area contributed by atoms with Crippen molar-refractivity contribution in [3.63, 3.8) is 0 Å². The lowest BCUT2D eigenvalue weighted by atomic mass is 10.2. The third-order valence-corrected chi connectivity index (χ3v) is 3.57. The maximum atomic E-state index is 9.30. The molecule has 100 valence electrons. The van der Waals surface area contributed by atoms with Crippen LogP contribution in [0.2, 0.25) is 5.02 Å². The van der Waals surface area contributed by atoms with E-state index in [1.807, 2.05) is 12.5 Å². The van der Waals surface area contributed by atoms with Gasteiger partial charge in [-0.25, -0.2) is 4.98 Å². The van der Waals surface area contributed by atoms with E-state index in [2.05, 4.69) is 9.55 Å². The Morgan fingerprint density at radius 2 is 2.26 bits per heavy atom. The topological polar surface area (TPSA) is 47.3 Å². The van der Waals surface area contributed by atoms with Crippen LogP contribution >= 0.6 is 11.6 Å². The molecule has 1 aliphatic rings. The first kappa shape index (κ1) is 12.5. The van der Waals surface area contributed by atoms with Gasteiger partial charge in [0, 0.05) is 11.6 Å². The number of nitrogens with zero attached hydrogens (tertiary/aromatic N) is 2. The number of aliphatic hydroxyl groups excluding tert-OH is 1. The van der Waals surface area contributed by atoms with E-state index in [4.69, 9.17) is 16.3 Å². The van der Waals surface area contributed by atoms with Crippen LogP contribution in [0.25, 0.3) is 0 Å². The first-order valence-electron chi connectivity index (χ1n) is 6.31. The van der Waals surface area contributed by atoms with E-state index in [-0.39, 0.29) is 6.61 Å². The van der Waals surface area contributed by atoms with Gasteiger partial charge < -0.3 is 14.4 Å². The second kappa shape index (κ2) is 5.23. The largest absolute Gasteiger partial charge is 0.485 e. The number of ether oxygens (including phenoxy) is 1. The lowest BCUT2D eigenvalue weighted by Gasteiger charge is -2.12. The molecule has 1 aromatic carbocycles. The van der Waals surface area contributed by atoms with Crippen molar-refractivity contribution in [3.8, 4) is 5.75 Å². The molecule has 1 heterocycles. The standard InChI is InChI=1S/C14H15ClN2O2/c15-13-3-1-2-10(7-18)14(13)19-8-12-6-16-9-17(12)11-4-5-11/h1-3,6,9,11,18H,4-5,7-8H2. The van der Waals surface area contributed by atoms with Crippen LogP contribution in [0.15, 0.2) is 30.7 Å². The molecule has 1 saturated carbocycles. The minimum absolute atomic E-state index is 0.0855. The van der Waals surface area contributed by atoms with Crippen molar-refractivity contribution in [1.29, 1.82) is 0 Å². The van der Waals surface area contributed by atoms with Crippen LogP contribution in [0.4, 0.5) is 0 Å². The molecule has 2 aromatic rings. The van der Waals surface area contributed by atoms with Crippen molar-refractivity contribution in [1.82, 2.24) is 9.55 Å². The fraction of sp³-hybridized carbons (Fsp3) is 0.357. The lowest BCUT2D eigenvalue weighted by molar-refractivity contribution is 0.255. The van der Waals surface area contributed by atoms with Crippen LogP contribution in [0.1, 0.15) is 30.1 Å². The fourth-order valence-corrected chi connectivity index (χ4v) is 2.36. The fourth-order valence-electron chi connectivity index (χ4n) is 2.11. The zero-order valence-electron chi connectivity index (χ0n) is 10.4. The summed E-state index contributed by atoms with van der Waals surface area (Å²) in [5.74, 6) is 0.551. The molecule has 0 atom stereocenters. The molecule has 4 nitrogen and oxygen atoms in total. The van der Waals surface area contributed by atoms with Crippen molar-refractivity contribution >= 4 is 11.6 Å². The van der Waals surface area contributed by atoms with E-state index in [0.717, 1.165) is 5.69 Å². The van der Waals surface area contributed by atoms with Gasteiger partial charge in [0.2, 0.25) is 0 Å². The number of hydrogen-bond acceptors (Lipinski definition) is 3. The average Bonchev–Trinajstić information content (AvgIpc) is 3.16. The quantitative estimate of drug-likeness (QED) is 0.915. The molecule has 1 fully saturated rings. The highest BCUT2D eigenvalue weighted by Crippen LogP contribution is 2.36. The van der Waals surface area contributed by atoms with E-state index < -0.39 is 0 Å². The van der Waals surface area contributed by atoms with Crippen LogP contribution in [0, 0.1) is 0 Å². The van der Waals surface area contributed by atoms with Gasteiger partial charge in [0.05, 0.1) is 29.8 Å². The van der Waals surface area contributed by atoms with Gasteiger partial charge in [-0.05, 0) is 18.9 Å². The van der Waals surface area contributed by atoms with Crippen molar-refractivity contribution in [2.24, 2.45) is 0 Å².